The summed E-state index contributed by atoms with van der Waals surface area (Å²) in [4.78, 5) is 0. The Kier molecular flexibility index (Phi) is 16.7. The average molecular weight is 835 g/mol. The molecule has 6 aromatic carbocycles. The molecule has 52 heavy (non-hydrogen) atoms. The summed E-state index contributed by atoms with van der Waals surface area (Å²) in [7, 11) is 0. The Morgan fingerprint density at radius 2 is 0.788 bits per heavy atom. The monoisotopic (exact) mass is 832 g/mol. The molecule has 0 unspecified atom stereocenters. The first-order chi connectivity index (χ1) is 22.7. The number of halogens is 8. The number of benzene rings is 4. The van der Waals surface area contributed by atoms with Crippen LogP contribution in [-0.2, 0) is 49.4 Å². The topological polar surface area (TPSA) is 0 Å². The molecule has 0 aromatic heterocycles. The molecule has 0 bridgehead atoms. The first-order valence-corrected chi connectivity index (χ1v) is 16.1. The fraction of sp³-hybridized carbons (Fsp3) is 0.256. The molecule has 0 radical (unpaired) electrons. The predicted octanol–water partition coefficient (Wildman–Crippen LogP) is 8.13. The van der Waals surface area contributed by atoms with Gasteiger partial charge in [-0.05, 0) is 46.2 Å². The molecule has 0 aliphatic carbocycles. The Hall–Kier alpha value is -2.86. The van der Waals surface area contributed by atoms with Crippen molar-refractivity contribution >= 4 is 21.5 Å². The van der Waals surface area contributed by atoms with Gasteiger partial charge in [0.25, 0.3) is 0 Å². The molecule has 0 saturated carbocycles. The van der Waals surface area contributed by atoms with Crippen LogP contribution < -0.4 is 24.8 Å². The minimum Gasteiger partial charge on any atom is -1.00 e. The molecule has 0 spiro atoms. The van der Waals surface area contributed by atoms with Crippen molar-refractivity contribution in [1.82, 2.24) is 0 Å². The molecule has 0 saturated heterocycles. The molecule has 0 N–H and O–H groups in total. The van der Waals surface area contributed by atoms with Gasteiger partial charge in [-0.1, -0.05) is 89.1 Å². The van der Waals surface area contributed by atoms with Crippen LogP contribution in [0.25, 0.3) is 43.8 Å². The van der Waals surface area contributed by atoms with Gasteiger partial charge in [0.2, 0.25) is 0 Å². The van der Waals surface area contributed by atoms with Crippen molar-refractivity contribution in [3.63, 3.8) is 0 Å². The molecule has 6 aromatic rings. The van der Waals surface area contributed by atoms with Crippen LogP contribution in [0, 0.1) is 13.8 Å². The maximum Gasteiger partial charge on any atom is 2.00 e. The molecule has 9 heteroatoms. The van der Waals surface area contributed by atoms with Gasteiger partial charge in [-0.3, -0.25) is 0 Å². The van der Waals surface area contributed by atoms with Crippen LogP contribution in [-0.4, -0.2) is 0 Å². The number of alkyl halides is 6. The van der Waals surface area contributed by atoms with Gasteiger partial charge in [0.1, 0.15) is 0 Å². The zero-order valence-corrected chi connectivity index (χ0v) is 34.0. The fourth-order valence-electron chi connectivity index (χ4n) is 5.52. The van der Waals surface area contributed by atoms with E-state index in [0.717, 1.165) is 74.5 Å². The zero-order chi connectivity index (χ0) is 36.4. The van der Waals surface area contributed by atoms with Crippen LogP contribution in [0.5, 0.6) is 0 Å². The van der Waals surface area contributed by atoms with E-state index in [9.17, 15) is 26.3 Å². The molecule has 6 rings (SSSR count). The van der Waals surface area contributed by atoms with Gasteiger partial charge in [0.05, 0.1) is 11.1 Å². The van der Waals surface area contributed by atoms with Gasteiger partial charge in [-0.15, -0.1) is 69.1 Å². The molecule has 0 amide bonds. The van der Waals surface area contributed by atoms with Crippen LogP contribution >= 0.6 is 0 Å². The Labute approximate surface area is 335 Å². The van der Waals surface area contributed by atoms with E-state index in [4.69, 9.17) is 0 Å². The van der Waals surface area contributed by atoms with E-state index in [1.165, 1.54) is 11.1 Å². The summed E-state index contributed by atoms with van der Waals surface area (Å²) in [6.45, 7) is 19.7. The van der Waals surface area contributed by atoms with Crippen LogP contribution in [0.2, 0.25) is 0 Å². The van der Waals surface area contributed by atoms with E-state index in [1.54, 1.807) is 24.3 Å². The second-order valence-electron chi connectivity index (χ2n) is 14.1. The molecule has 0 fully saturated rings. The first kappa shape index (κ1) is 47.2. The van der Waals surface area contributed by atoms with E-state index in [0.29, 0.717) is 0 Å². The largest absolute Gasteiger partial charge is 2.00 e. The third-order valence-corrected chi connectivity index (χ3v) is 8.28. The minimum absolute atomic E-state index is 0. The molecule has 0 atom stereocenters. The quantitative estimate of drug-likeness (QED) is 0.122. The molecule has 278 valence electrons. The van der Waals surface area contributed by atoms with Gasteiger partial charge in [-0.2, -0.15) is 38.5 Å². The Morgan fingerprint density at radius 3 is 1.04 bits per heavy atom. The number of hydrogen-bond donors (Lipinski definition) is 0. The summed E-state index contributed by atoms with van der Waals surface area (Å²) < 4.78 is 76.3. The second-order valence-corrected chi connectivity index (χ2v) is 14.1. The van der Waals surface area contributed by atoms with Crippen LogP contribution in [0.1, 0.15) is 70.2 Å². The predicted molar refractivity (Wildman–Crippen MR) is 193 cm³/mol. The van der Waals surface area contributed by atoms with E-state index in [1.807, 2.05) is 36.4 Å². The normalized spacial score (nSPS) is 11.7. The summed E-state index contributed by atoms with van der Waals surface area (Å²) in [5.74, 6) is 0. The van der Waals surface area contributed by atoms with Gasteiger partial charge in [0.15, 0.2) is 0 Å². The Balaban J connectivity index is 0.000000459. The van der Waals surface area contributed by atoms with Crippen molar-refractivity contribution < 1.29 is 77.4 Å². The van der Waals surface area contributed by atoms with Crippen LogP contribution in [0.4, 0.5) is 26.3 Å². The fourth-order valence-corrected chi connectivity index (χ4v) is 5.52. The number of hydrogen-bond acceptors (Lipinski definition) is 0. The van der Waals surface area contributed by atoms with Crippen molar-refractivity contribution in [3.05, 3.63) is 145 Å². The molecule has 0 aliphatic rings. The number of rotatable bonds is 2. The molecule has 0 aliphatic heterocycles. The summed E-state index contributed by atoms with van der Waals surface area (Å²) in [5, 5.41) is 4.40. The molecule has 0 heterocycles. The Bertz CT molecular complexity index is 1840. The summed E-state index contributed by atoms with van der Waals surface area (Å²) in [6, 6.07) is 31.2. The standard InChI is InChI=1S/2C20H18F3.C3H6.2ClH.Zr/c2*1-19(2,3)16-11-14-5-4-6-17(18(14)12-16)13-7-9-15(10-8-13)20(21,22)23;1-3-2;;;/h2*4-12H,1-3H3;1-3H2;2*1H;/q2*-1;-2;;;+2/p-2. The summed E-state index contributed by atoms with van der Waals surface area (Å²) in [5.41, 5.74) is 4.83. The van der Waals surface area contributed by atoms with Crippen molar-refractivity contribution in [2.24, 2.45) is 0 Å². The maximum atomic E-state index is 12.7. The molecular formula is C43H42Cl2F6Zr-4. The average Bonchev–Trinajstić information content (AvgIpc) is 3.67. The van der Waals surface area contributed by atoms with Crippen molar-refractivity contribution in [2.75, 3.05) is 0 Å². The Morgan fingerprint density at radius 1 is 0.500 bits per heavy atom. The SMILES string of the molecule is CC(C)(C)c1cc2c(-c3ccc(C(F)(F)F)cc3)cccc2[cH-]1.CC(C)(C)c1cc2c(-c3ccc(C(F)(F)F)cc3)cccc2[cH-]1.[CH2-]C[CH2-].[Cl-].[Cl-].[Zr+2]. The van der Waals surface area contributed by atoms with Crippen LogP contribution in [0.15, 0.2) is 109 Å². The third kappa shape index (κ3) is 11.6. The van der Waals surface area contributed by atoms with Crippen molar-refractivity contribution in [3.8, 4) is 22.3 Å². The van der Waals surface area contributed by atoms with E-state index < -0.39 is 23.5 Å². The van der Waals surface area contributed by atoms with Gasteiger partial charge in [0, 0.05) is 0 Å². The van der Waals surface area contributed by atoms with Crippen LogP contribution in [0.3, 0.4) is 0 Å². The van der Waals surface area contributed by atoms with E-state index in [2.05, 4.69) is 79.7 Å². The van der Waals surface area contributed by atoms with Gasteiger partial charge < -0.3 is 45.1 Å². The summed E-state index contributed by atoms with van der Waals surface area (Å²) >= 11 is 0. The van der Waals surface area contributed by atoms with Crippen molar-refractivity contribution in [1.29, 1.82) is 0 Å². The van der Waals surface area contributed by atoms with Gasteiger partial charge >= 0.3 is 38.6 Å². The third-order valence-electron chi connectivity index (χ3n) is 8.28. The first-order valence-electron chi connectivity index (χ1n) is 16.1. The van der Waals surface area contributed by atoms with Gasteiger partial charge in [-0.25, -0.2) is 0 Å². The maximum absolute atomic E-state index is 12.7. The second kappa shape index (κ2) is 18.5. The van der Waals surface area contributed by atoms with E-state index >= 15 is 0 Å². The number of fused-ring (bicyclic) bond motifs is 2. The molecular weight excluding hydrogens is 793 g/mol. The minimum atomic E-state index is -4.30. The zero-order valence-electron chi connectivity index (χ0n) is 30.0. The smallest absolute Gasteiger partial charge is 1.00 e. The van der Waals surface area contributed by atoms with Crippen molar-refractivity contribution in [2.45, 2.75) is 71.1 Å². The summed E-state index contributed by atoms with van der Waals surface area (Å²) in [6.07, 6.45) is -7.85. The molecule has 0 nitrogen and oxygen atoms in total. The van der Waals surface area contributed by atoms with E-state index in [-0.39, 0.29) is 61.8 Å².